The average Bonchev–Trinajstić information content (AvgIpc) is 3.09. The van der Waals surface area contributed by atoms with E-state index < -0.39 is 0 Å². The zero-order valence-electron chi connectivity index (χ0n) is 16.0. The summed E-state index contributed by atoms with van der Waals surface area (Å²) in [5.74, 6) is 1.02. The van der Waals surface area contributed by atoms with Gasteiger partial charge in [0.2, 0.25) is 5.95 Å². The molecule has 138 valence electrons. The standard InChI is InChI=1S/C19H26N6O/c1-6-24(7-2)18(26)16-13(5)20-19-21-22-23-25(19)17(16)15-10-8-14(9-11-15)12(3)4/h8-12,17H,6-7H2,1-5H3,(H,20,21,23)/t17-/m1/s1. The van der Waals surface area contributed by atoms with Crippen LogP contribution in [0, 0.1) is 0 Å². The van der Waals surface area contributed by atoms with Gasteiger partial charge >= 0.3 is 0 Å². The van der Waals surface area contributed by atoms with Crippen molar-refractivity contribution in [3.63, 3.8) is 0 Å². The molecule has 0 fully saturated rings. The fourth-order valence-corrected chi connectivity index (χ4v) is 3.34. The van der Waals surface area contributed by atoms with Crippen LogP contribution in [0.5, 0.6) is 0 Å². The van der Waals surface area contributed by atoms with Crippen LogP contribution in [0.1, 0.15) is 57.7 Å². The number of benzene rings is 1. The van der Waals surface area contributed by atoms with E-state index in [1.165, 1.54) is 5.56 Å². The monoisotopic (exact) mass is 354 g/mol. The summed E-state index contributed by atoms with van der Waals surface area (Å²) in [7, 11) is 0. The van der Waals surface area contributed by atoms with Gasteiger partial charge in [0.15, 0.2) is 0 Å². The van der Waals surface area contributed by atoms with Crippen molar-refractivity contribution in [1.82, 2.24) is 25.1 Å². The summed E-state index contributed by atoms with van der Waals surface area (Å²) in [6, 6.07) is 8.02. The van der Waals surface area contributed by atoms with E-state index in [1.54, 1.807) is 4.68 Å². The number of allylic oxidation sites excluding steroid dienone is 1. The Morgan fingerprint density at radius 3 is 2.46 bits per heavy atom. The molecule has 3 rings (SSSR count). The summed E-state index contributed by atoms with van der Waals surface area (Å²) in [6.07, 6.45) is 0. The molecule has 7 nitrogen and oxygen atoms in total. The van der Waals surface area contributed by atoms with Gasteiger partial charge in [-0.25, -0.2) is 0 Å². The number of nitrogens with one attached hydrogen (secondary N) is 1. The number of rotatable bonds is 5. The first kappa shape index (κ1) is 18.1. The Balaban J connectivity index is 2.10. The number of anilines is 1. The first-order valence-corrected chi connectivity index (χ1v) is 9.12. The highest BCUT2D eigenvalue weighted by atomic mass is 16.2. The van der Waals surface area contributed by atoms with E-state index in [-0.39, 0.29) is 11.9 Å². The molecular weight excluding hydrogens is 328 g/mol. The quantitative estimate of drug-likeness (QED) is 0.893. The molecule has 0 saturated heterocycles. The largest absolute Gasteiger partial charge is 0.339 e. The van der Waals surface area contributed by atoms with Gasteiger partial charge in [0.25, 0.3) is 5.91 Å². The minimum atomic E-state index is -0.337. The summed E-state index contributed by atoms with van der Waals surface area (Å²) in [6.45, 7) is 11.5. The van der Waals surface area contributed by atoms with Crippen LogP contribution >= 0.6 is 0 Å². The van der Waals surface area contributed by atoms with Crippen LogP contribution in [0.3, 0.4) is 0 Å². The third-order valence-electron chi connectivity index (χ3n) is 4.91. The lowest BCUT2D eigenvalue weighted by atomic mass is 9.92. The van der Waals surface area contributed by atoms with Gasteiger partial charge in [0.1, 0.15) is 6.04 Å². The molecule has 0 aliphatic carbocycles. The second-order valence-electron chi connectivity index (χ2n) is 6.81. The SMILES string of the molecule is CCN(CC)C(=O)C1=C(C)Nc2nnnn2[C@@H]1c1ccc(C(C)C)cc1. The number of likely N-dealkylation sites (N-methyl/N-ethyl adjacent to an activating group) is 1. The number of hydrogen-bond donors (Lipinski definition) is 1. The molecule has 0 bridgehead atoms. The normalized spacial score (nSPS) is 16.5. The highest BCUT2D eigenvalue weighted by Gasteiger charge is 2.35. The summed E-state index contributed by atoms with van der Waals surface area (Å²) < 4.78 is 1.69. The second-order valence-corrected chi connectivity index (χ2v) is 6.81. The average molecular weight is 354 g/mol. The molecule has 0 unspecified atom stereocenters. The van der Waals surface area contributed by atoms with E-state index in [0.717, 1.165) is 11.3 Å². The summed E-state index contributed by atoms with van der Waals surface area (Å²) in [5, 5.41) is 15.1. The molecule has 26 heavy (non-hydrogen) atoms. The number of aromatic nitrogens is 4. The number of fused-ring (bicyclic) bond motifs is 1. The van der Waals surface area contributed by atoms with E-state index in [2.05, 4.69) is 59.0 Å². The van der Waals surface area contributed by atoms with Crippen LogP contribution < -0.4 is 5.32 Å². The maximum absolute atomic E-state index is 13.2. The van der Waals surface area contributed by atoms with Gasteiger partial charge in [0, 0.05) is 18.8 Å². The molecule has 0 radical (unpaired) electrons. The molecule has 0 spiro atoms. The Labute approximate surface area is 154 Å². The van der Waals surface area contributed by atoms with Crippen LogP contribution in [-0.4, -0.2) is 44.1 Å². The maximum Gasteiger partial charge on any atom is 0.254 e. The van der Waals surface area contributed by atoms with E-state index in [0.29, 0.717) is 30.5 Å². The smallest absolute Gasteiger partial charge is 0.254 e. The van der Waals surface area contributed by atoms with Gasteiger partial charge in [0.05, 0.1) is 5.57 Å². The Bertz CT molecular complexity index is 817. The second kappa shape index (κ2) is 7.27. The lowest BCUT2D eigenvalue weighted by Gasteiger charge is -2.31. The fourth-order valence-electron chi connectivity index (χ4n) is 3.34. The molecular formula is C19H26N6O. The molecule has 1 amide bonds. The highest BCUT2D eigenvalue weighted by molar-refractivity contribution is 5.96. The molecule has 2 aromatic rings. The molecule has 1 aliphatic heterocycles. The van der Waals surface area contributed by atoms with Crippen LogP contribution in [0.2, 0.25) is 0 Å². The summed E-state index contributed by atoms with van der Waals surface area (Å²) >= 11 is 0. The van der Waals surface area contributed by atoms with Crippen LogP contribution in [-0.2, 0) is 4.79 Å². The molecule has 1 aromatic carbocycles. The number of carbonyl (C=O) groups is 1. The van der Waals surface area contributed by atoms with E-state index in [9.17, 15) is 4.79 Å². The van der Waals surface area contributed by atoms with Gasteiger partial charge < -0.3 is 10.2 Å². The lowest BCUT2D eigenvalue weighted by Crippen LogP contribution is -2.38. The van der Waals surface area contributed by atoms with Gasteiger partial charge in [-0.15, -0.1) is 0 Å². The van der Waals surface area contributed by atoms with Crippen molar-refractivity contribution in [2.45, 2.75) is 46.6 Å². The van der Waals surface area contributed by atoms with E-state index in [1.807, 2.05) is 25.7 Å². The first-order valence-electron chi connectivity index (χ1n) is 9.12. The van der Waals surface area contributed by atoms with Gasteiger partial charge in [-0.05, 0) is 48.2 Å². The summed E-state index contributed by atoms with van der Waals surface area (Å²) in [5.41, 5.74) is 3.74. The third kappa shape index (κ3) is 3.09. The lowest BCUT2D eigenvalue weighted by molar-refractivity contribution is -0.127. The Hall–Kier alpha value is -2.70. The number of hydrogen-bond acceptors (Lipinski definition) is 5. The zero-order valence-corrected chi connectivity index (χ0v) is 16.0. The predicted octanol–water partition coefficient (Wildman–Crippen LogP) is 2.95. The number of carbonyl (C=O) groups excluding carboxylic acids is 1. The van der Waals surface area contributed by atoms with Crippen LogP contribution in [0.15, 0.2) is 35.5 Å². The topological polar surface area (TPSA) is 75.9 Å². The van der Waals surface area contributed by atoms with Crippen molar-refractivity contribution in [2.24, 2.45) is 0 Å². The van der Waals surface area contributed by atoms with Gasteiger partial charge in [-0.2, -0.15) is 4.68 Å². The fraction of sp³-hybridized carbons (Fsp3) is 0.474. The Morgan fingerprint density at radius 2 is 1.88 bits per heavy atom. The molecule has 0 saturated carbocycles. The number of tetrazole rings is 1. The van der Waals surface area contributed by atoms with Gasteiger partial charge in [-0.1, -0.05) is 43.2 Å². The minimum absolute atomic E-state index is 0.0130. The molecule has 7 heteroatoms. The molecule has 1 aliphatic rings. The number of nitrogens with zero attached hydrogens (tertiary/aromatic N) is 5. The summed E-state index contributed by atoms with van der Waals surface area (Å²) in [4.78, 5) is 15.0. The zero-order chi connectivity index (χ0) is 18.8. The molecule has 1 N–H and O–H groups in total. The van der Waals surface area contributed by atoms with Crippen molar-refractivity contribution in [3.05, 3.63) is 46.7 Å². The predicted molar refractivity (Wildman–Crippen MR) is 101 cm³/mol. The van der Waals surface area contributed by atoms with E-state index in [4.69, 9.17) is 0 Å². The Morgan fingerprint density at radius 1 is 1.23 bits per heavy atom. The van der Waals surface area contributed by atoms with Crippen molar-refractivity contribution in [2.75, 3.05) is 18.4 Å². The molecule has 2 heterocycles. The Kier molecular flexibility index (Phi) is 5.06. The molecule has 1 atom stereocenters. The minimum Gasteiger partial charge on any atom is -0.339 e. The van der Waals surface area contributed by atoms with Crippen LogP contribution in [0.25, 0.3) is 0 Å². The van der Waals surface area contributed by atoms with Crippen LogP contribution in [0.4, 0.5) is 5.95 Å². The maximum atomic E-state index is 13.2. The van der Waals surface area contributed by atoms with Gasteiger partial charge in [-0.3, -0.25) is 4.79 Å². The van der Waals surface area contributed by atoms with Crippen molar-refractivity contribution in [3.8, 4) is 0 Å². The number of amides is 1. The van der Waals surface area contributed by atoms with Crippen molar-refractivity contribution >= 4 is 11.9 Å². The first-order chi connectivity index (χ1) is 12.5. The molecule has 1 aromatic heterocycles. The third-order valence-corrected chi connectivity index (χ3v) is 4.91. The van der Waals surface area contributed by atoms with Crippen molar-refractivity contribution < 1.29 is 4.79 Å². The van der Waals surface area contributed by atoms with E-state index >= 15 is 0 Å². The van der Waals surface area contributed by atoms with Crippen molar-refractivity contribution in [1.29, 1.82) is 0 Å². The highest BCUT2D eigenvalue weighted by Crippen LogP contribution is 2.35.